The van der Waals surface area contributed by atoms with Gasteiger partial charge in [0.05, 0.1) is 12.0 Å². The van der Waals surface area contributed by atoms with E-state index in [1.165, 1.54) is 0 Å². The van der Waals surface area contributed by atoms with Crippen LogP contribution < -0.4 is 5.32 Å². The Morgan fingerprint density at radius 2 is 1.71 bits per heavy atom. The molecule has 0 unspecified atom stereocenters. The summed E-state index contributed by atoms with van der Waals surface area (Å²) < 4.78 is 0. The van der Waals surface area contributed by atoms with Crippen molar-refractivity contribution < 1.29 is 4.79 Å². The molecule has 28 heavy (non-hydrogen) atoms. The van der Waals surface area contributed by atoms with Crippen LogP contribution in [0.25, 0.3) is 11.4 Å². The van der Waals surface area contributed by atoms with Crippen LogP contribution in [0.2, 0.25) is 0 Å². The number of carbonyl (C=O) groups is 1. The minimum atomic E-state index is -0.490. The number of amides is 1. The molecule has 6 nitrogen and oxygen atoms in total. The van der Waals surface area contributed by atoms with Crippen LogP contribution in [0.1, 0.15) is 24.2 Å². The summed E-state index contributed by atoms with van der Waals surface area (Å²) in [4.78, 5) is 20.1. The minimum absolute atomic E-state index is 0.0597. The second-order valence-electron chi connectivity index (χ2n) is 7.41. The highest BCUT2D eigenvalue weighted by Gasteiger charge is 2.42. The molecule has 0 atom stereocenters. The van der Waals surface area contributed by atoms with Crippen LogP contribution in [-0.2, 0) is 16.8 Å². The summed E-state index contributed by atoms with van der Waals surface area (Å²) in [7, 11) is 2.10. The number of rotatable bonds is 5. The zero-order valence-electron chi connectivity index (χ0n) is 16.1. The van der Waals surface area contributed by atoms with Crippen molar-refractivity contribution in [3.63, 3.8) is 0 Å². The van der Waals surface area contributed by atoms with E-state index in [0.29, 0.717) is 18.2 Å². The first kappa shape index (κ1) is 18.4. The van der Waals surface area contributed by atoms with E-state index >= 15 is 0 Å². The first-order chi connectivity index (χ1) is 13.7. The topological polar surface area (TPSA) is 73.9 Å². The van der Waals surface area contributed by atoms with E-state index in [0.717, 1.165) is 37.1 Å². The minimum Gasteiger partial charge on any atom is -0.348 e. The van der Waals surface area contributed by atoms with Gasteiger partial charge in [-0.2, -0.15) is 5.10 Å². The van der Waals surface area contributed by atoms with Crippen LogP contribution in [0.3, 0.4) is 0 Å². The van der Waals surface area contributed by atoms with Crippen molar-refractivity contribution in [1.82, 2.24) is 25.4 Å². The maximum Gasteiger partial charge on any atom is 0.231 e. The van der Waals surface area contributed by atoms with Crippen LogP contribution in [0.15, 0.2) is 60.7 Å². The fourth-order valence-corrected chi connectivity index (χ4v) is 3.83. The predicted molar refractivity (Wildman–Crippen MR) is 109 cm³/mol. The molecule has 2 aromatic carbocycles. The van der Waals surface area contributed by atoms with E-state index in [1.807, 2.05) is 48.5 Å². The third-order valence-electron chi connectivity index (χ3n) is 5.58. The Morgan fingerprint density at radius 1 is 1.07 bits per heavy atom. The fraction of sp³-hybridized carbons (Fsp3) is 0.318. The van der Waals surface area contributed by atoms with Gasteiger partial charge >= 0.3 is 0 Å². The van der Waals surface area contributed by atoms with Gasteiger partial charge < -0.3 is 10.2 Å². The quantitative estimate of drug-likeness (QED) is 0.719. The molecule has 1 amide bonds. The van der Waals surface area contributed by atoms with Crippen molar-refractivity contribution >= 4 is 5.91 Å². The van der Waals surface area contributed by atoms with Gasteiger partial charge in [-0.3, -0.25) is 9.89 Å². The molecule has 1 aliphatic heterocycles. The molecule has 0 aliphatic carbocycles. The normalized spacial score (nSPS) is 16.6. The van der Waals surface area contributed by atoms with Gasteiger partial charge in [-0.05, 0) is 38.5 Å². The molecular weight excluding hydrogens is 350 g/mol. The van der Waals surface area contributed by atoms with E-state index in [9.17, 15) is 4.79 Å². The average Bonchev–Trinajstić information content (AvgIpc) is 3.23. The Hall–Kier alpha value is -2.99. The molecule has 1 aromatic heterocycles. The van der Waals surface area contributed by atoms with Gasteiger partial charge in [0.2, 0.25) is 5.91 Å². The largest absolute Gasteiger partial charge is 0.348 e. The van der Waals surface area contributed by atoms with E-state index in [2.05, 4.69) is 44.6 Å². The number of hydrogen-bond acceptors (Lipinski definition) is 4. The average molecular weight is 375 g/mol. The standard InChI is InChI=1S/C22H25N5O/c1-27-14-12-22(13-15-27,18-10-6-3-7-11-18)21(28)23-16-19-24-20(26-25-19)17-8-4-2-5-9-17/h2-11H,12-16H2,1H3,(H,23,28)(H,24,25,26). The molecule has 2 N–H and O–H groups in total. The number of benzene rings is 2. The Balaban J connectivity index is 1.49. The fourth-order valence-electron chi connectivity index (χ4n) is 3.83. The number of hydrogen-bond donors (Lipinski definition) is 2. The maximum absolute atomic E-state index is 13.3. The molecule has 1 fully saturated rings. The Bertz CT molecular complexity index is 914. The molecule has 4 rings (SSSR count). The molecule has 0 radical (unpaired) electrons. The zero-order chi connectivity index (χ0) is 19.4. The monoisotopic (exact) mass is 375 g/mol. The lowest BCUT2D eigenvalue weighted by Gasteiger charge is -2.39. The summed E-state index contributed by atoms with van der Waals surface area (Å²) in [5.74, 6) is 1.36. The molecule has 0 bridgehead atoms. The van der Waals surface area contributed by atoms with Gasteiger partial charge in [0.15, 0.2) is 5.82 Å². The molecule has 0 saturated carbocycles. The van der Waals surface area contributed by atoms with E-state index < -0.39 is 5.41 Å². The highest BCUT2D eigenvalue weighted by atomic mass is 16.2. The highest BCUT2D eigenvalue weighted by Crippen LogP contribution is 2.35. The van der Waals surface area contributed by atoms with Crippen LogP contribution in [0, 0.1) is 0 Å². The molecular formula is C22H25N5O. The molecule has 1 saturated heterocycles. The number of nitrogens with zero attached hydrogens (tertiary/aromatic N) is 3. The number of likely N-dealkylation sites (tertiary alicyclic amines) is 1. The van der Waals surface area contributed by atoms with Crippen LogP contribution in [-0.4, -0.2) is 46.1 Å². The smallest absolute Gasteiger partial charge is 0.231 e. The Labute approximate surface area is 165 Å². The van der Waals surface area contributed by atoms with Crippen molar-refractivity contribution in [2.75, 3.05) is 20.1 Å². The molecule has 3 aromatic rings. The number of aromatic amines is 1. The third kappa shape index (κ3) is 3.68. The maximum atomic E-state index is 13.3. The summed E-state index contributed by atoms with van der Waals surface area (Å²) >= 11 is 0. The van der Waals surface area contributed by atoms with Gasteiger partial charge in [-0.15, -0.1) is 0 Å². The van der Waals surface area contributed by atoms with E-state index in [1.54, 1.807) is 0 Å². The molecule has 6 heteroatoms. The molecule has 0 spiro atoms. The number of nitrogens with one attached hydrogen (secondary N) is 2. The summed E-state index contributed by atoms with van der Waals surface area (Å²) in [6.07, 6.45) is 1.62. The Kier molecular flexibility index (Phi) is 5.21. The van der Waals surface area contributed by atoms with Gasteiger partial charge in [0, 0.05) is 5.56 Å². The van der Waals surface area contributed by atoms with Gasteiger partial charge in [0.1, 0.15) is 5.82 Å². The van der Waals surface area contributed by atoms with Crippen molar-refractivity contribution in [1.29, 1.82) is 0 Å². The highest BCUT2D eigenvalue weighted by molar-refractivity contribution is 5.88. The second kappa shape index (κ2) is 7.94. The van der Waals surface area contributed by atoms with Gasteiger partial charge in [-0.25, -0.2) is 4.98 Å². The number of aromatic nitrogens is 3. The molecule has 2 heterocycles. The lowest BCUT2D eigenvalue weighted by molar-refractivity contribution is -0.128. The third-order valence-corrected chi connectivity index (χ3v) is 5.58. The summed E-state index contributed by atoms with van der Waals surface area (Å²) in [5.41, 5.74) is 1.55. The summed E-state index contributed by atoms with van der Waals surface area (Å²) in [6, 6.07) is 19.9. The van der Waals surface area contributed by atoms with Crippen molar-refractivity contribution in [2.45, 2.75) is 24.8 Å². The number of H-pyrrole nitrogens is 1. The summed E-state index contributed by atoms with van der Waals surface area (Å²) in [5, 5.41) is 10.3. The van der Waals surface area contributed by atoms with Crippen LogP contribution >= 0.6 is 0 Å². The zero-order valence-corrected chi connectivity index (χ0v) is 16.1. The SMILES string of the molecule is CN1CCC(C(=O)NCc2nc(-c3ccccc3)n[nH]2)(c2ccccc2)CC1. The van der Waals surface area contributed by atoms with E-state index in [-0.39, 0.29) is 5.91 Å². The second-order valence-corrected chi connectivity index (χ2v) is 7.41. The van der Waals surface area contributed by atoms with Crippen molar-refractivity contribution in [2.24, 2.45) is 0 Å². The van der Waals surface area contributed by atoms with Crippen LogP contribution in [0.4, 0.5) is 0 Å². The van der Waals surface area contributed by atoms with Crippen molar-refractivity contribution in [3.05, 3.63) is 72.1 Å². The lowest BCUT2D eigenvalue weighted by atomic mass is 9.72. The summed E-state index contributed by atoms with van der Waals surface area (Å²) in [6.45, 7) is 2.15. The molecule has 144 valence electrons. The van der Waals surface area contributed by atoms with E-state index in [4.69, 9.17) is 0 Å². The Morgan fingerprint density at radius 3 is 2.39 bits per heavy atom. The first-order valence-electron chi connectivity index (χ1n) is 9.66. The number of piperidine rings is 1. The first-order valence-corrected chi connectivity index (χ1v) is 9.66. The van der Waals surface area contributed by atoms with Crippen LogP contribution in [0.5, 0.6) is 0 Å². The number of carbonyl (C=O) groups excluding carboxylic acids is 1. The molecule has 1 aliphatic rings. The van der Waals surface area contributed by atoms with Gasteiger partial charge in [-0.1, -0.05) is 60.7 Å². The lowest BCUT2D eigenvalue weighted by Crippen LogP contribution is -2.50. The van der Waals surface area contributed by atoms with Crippen molar-refractivity contribution in [3.8, 4) is 11.4 Å². The predicted octanol–water partition coefficient (Wildman–Crippen LogP) is 2.75. The van der Waals surface area contributed by atoms with Gasteiger partial charge in [0.25, 0.3) is 0 Å².